The van der Waals surface area contributed by atoms with E-state index < -0.39 is 0 Å². The van der Waals surface area contributed by atoms with Gasteiger partial charge < -0.3 is 10.3 Å². The lowest BCUT2D eigenvalue weighted by Gasteiger charge is -2.06. The highest BCUT2D eigenvalue weighted by Gasteiger charge is 2.26. The molecule has 1 aliphatic carbocycles. The first-order valence-corrected chi connectivity index (χ1v) is 6.56. The fraction of sp³-hybridized carbons (Fsp3) is 0.357. The van der Waals surface area contributed by atoms with Crippen molar-refractivity contribution >= 4 is 5.82 Å². The monoisotopic (exact) mass is 256 g/mol. The van der Waals surface area contributed by atoms with Crippen molar-refractivity contribution in [1.29, 1.82) is 0 Å². The predicted octanol–water partition coefficient (Wildman–Crippen LogP) is 1.70. The minimum absolute atomic E-state index is 0.0859. The van der Waals surface area contributed by atoms with Crippen LogP contribution in [0.4, 0.5) is 5.82 Å². The van der Waals surface area contributed by atoms with E-state index in [4.69, 9.17) is 0 Å². The zero-order chi connectivity index (χ0) is 13.1. The second-order valence-corrected chi connectivity index (χ2v) is 4.79. The minimum atomic E-state index is -0.0859. The standard InChI is InChI=1S/C14H16N4O/c19-13-9-12(17-14(18-13)10-4-5-10)16-8-6-11-3-1-2-7-15-11/h1-3,7,9-10H,4-6,8H2,(H2,16,17,18,19). The van der Waals surface area contributed by atoms with E-state index in [0.29, 0.717) is 11.7 Å². The van der Waals surface area contributed by atoms with Crippen LogP contribution in [0.25, 0.3) is 0 Å². The number of H-pyrrole nitrogens is 1. The Morgan fingerprint density at radius 1 is 1.37 bits per heavy atom. The Balaban J connectivity index is 1.62. The highest BCUT2D eigenvalue weighted by atomic mass is 16.1. The molecular weight excluding hydrogens is 240 g/mol. The maximum atomic E-state index is 11.5. The van der Waals surface area contributed by atoms with Crippen LogP contribution in [-0.4, -0.2) is 21.5 Å². The SMILES string of the molecule is O=c1cc(NCCc2ccccn2)nc(C2CC2)[nH]1. The third-order valence-electron chi connectivity index (χ3n) is 3.14. The number of anilines is 1. The second-order valence-electron chi connectivity index (χ2n) is 4.79. The second kappa shape index (κ2) is 5.22. The lowest BCUT2D eigenvalue weighted by atomic mass is 10.3. The van der Waals surface area contributed by atoms with E-state index in [-0.39, 0.29) is 5.56 Å². The highest BCUT2D eigenvalue weighted by molar-refractivity contribution is 5.34. The van der Waals surface area contributed by atoms with Crippen molar-refractivity contribution < 1.29 is 0 Å². The summed E-state index contributed by atoms with van der Waals surface area (Å²) in [4.78, 5) is 23.0. The summed E-state index contributed by atoms with van der Waals surface area (Å²) in [5, 5.41) is 3.19. The molecule has 0 aromatic carbocycles. The zero-order valence-electron chi connectivity index (χ0n) is 10.6. The molecular formula is C14H16N4O. The van der Waals surface area contributed by atoms with Crippen molar-refractivity contribution in [1.82, 2.24) is 15.0 Å². The molecule has 3 rings (SSSR count). The number of aromatic amines is 1. The van der Waals surface area contributed by atoms with Crippen LogP contribution in [0.2, 0.25) is 0 Å². The number of hydrogen-bond acceptors (Lipinski definition) is 4. The third kappa shape index (κ3) is 3.19. The zero-order valence-corrected chi connectivity index (χ0v) is 10.6. The average molecular weight is 256 g/mol. The molecule has 0 atom stereocenters. The van der Waals surface area contributed by atoms with Gasteiger partial charge in [0.1, 0.15) is 11.6 Å². The van der Waals surface area contributed by atoms with Crippen molar-refractivity contribution in [2.45, 2.75) is 25.2 Å². The maximum Gasteiger partial charge on any atom is 0.252 e. The van der Waals surface area contributed by atoms with Crippen molar-refractivity contribution in [2.75, 3.05) is 11.9 Å². The van der Waals surface area contributed by atoms with E-state index in [1.165, 1.54) is 6.07 Å². The van der Waals surface area contributed by atoms with Crippen LogP contribution in [0, 0.1) is 0 Å². The molecule has 1 saturated carbocycles. The first kappa shape index (κ1) is 11.9. The maximum absolute atomic E-state index is 11.5. The van der Waals surface area contributed by atoms with Crippen LogP contribution in [0.3, 0.4) is 0 Å². The van der Waals surface area contributed by atoms with E-state index >= 15 is 0 Å². The molecule has 2 aromatic heterocycles. The van der Waals surface area contributed by atoms with Crippen molar-refractivity contribution in [3.63, 3.8) is 0 Å². The molecule has 2 aromatic rings. The lowest BCUT2D eigenvalue weighted by Crippen LogP contribution is -2.14. The van der Waals surface area contributed by atoms with Crippen LogP contribution < -0.4 is 10.9 Å². The van der Waals surface area contributed by atoms with Gasteiger partial charge in [-0.1, -0.05) is 6.07 Å². The van der Waals surface area contributed by atoms with E-state index in [0.717, 1.165) is 37.3 Å². The lowest BCUT2D eigenvalue weighted by molar-refractivity contribution is 0.893. The Labute approximate surface area is 111 Å². The Kier molecular flexibility index (Phi) is 3.27. The molecule has 0 spiro atoms. The fourth-order valence-electron chi connectivity index (χ4n) is 1.98. The van der Waals surface area contributed by atoms with Crippen molar-refractivity contribution in [3.05, 3.63) is 52.3 Å². The van der Waals surface area contributed by atoms with Gasteiger partial charge in [0.15, 0.2) is 0 Å². The molecule has 1 aliphatic rings. The van der Waals surface area contributed by atoms with Gasteiger partial charge in [0, 0.05) is 36.8 Å². The summed E-state index contributed by atoms with van der Waals surface area (Å²) in [6.07, 6.45) is 4.85. The Bertz CT molecular complexity index is 604. The van der Waals surface area contributed by atoms with Crippen molar-refractivity contribution in [3.8, 4) is 0 Å². The van der Waals surface area contributed by atoms with Crippen LogP contribution in [0.15, 0.2) is 35.3 Å². The number of hydrogen-bond donors (Lipinski definition) is 2. The van der Waals surface area contributed by atoms with Gasteiger partial charge >= 0.3 is 0 Å². The molecule has 2 heterocycles. The Hall–Kier alpha value is -2.17. The van der Waals surface area contributed by atoms with E-state index in [9.17, 15) is 4.79 Å². The Morgan fingerprint density at radius 2 is 2.26 bits per heavy atom. The molecule has 98 valence electrons. The van der Waals surface area contributed by atoms with E-state index in [2.05, 4.69) is 20.3 Å². The molecule has 0 radical (unpaired) electrons. The van der Waals surface area contributed by atoms with Gasteiger partial charge in [0.2, 0.25) is 0 Å². The molecule has 1 fully saturated rings. The molecule has 0 unspecified atom stereocenters. The van der Waals surface area contributed by atoms with Gasteiger partial charge in [-0.05, 0) is 25.0 Å². The average Bonchev–Trinajstić information content (AvgIpc) is 3.24. The Morgan fingerprint density at radius 3 is 3.00 bits per heavy atom. The van der Waals surface area contributed by atoms with Gasteiger partial charge in [-0.15, -0.1) is 0 Å². The van der Waals surface area contributed by atoms with Gasteiger partial charge in [-0.3, -0.25) is 9.78 Å². The summed E-state index contributed by atoms with van der Waals surface area (Å²) in [5.74, 6) is 1.92. The largest absolute Gasteiger partial charge is 0.369 e. The van der Waals surface area contributed by atoms with Crippen molar-refractivity contribution in [2.24, 2.45) is 0 Å². The van der Waals surface area contributed by atoms with Crippen LogP contribution in [-0.2, 0) is 6.42 Å². The summed E-state index contributed by atoms with van der Waals surface area (Å²) in [6, 6.07) is 7.36. The summed E-state index contributed by atoms with van der Waals surface area (Å²) in [7, 11) is 0. The van der Waals surface area contributed by atoms with E-state index in [1.54, 1.807) is 6.20 Å². The predicted molar refractivity (Wildman–Crippen MR) is 73.3 cm³/mol. The van der Waals surface area contributed by atoms with Gasteiger partial charge in [-0.2, -0.15) is 0 Å². The number of nitrogens with one attached hydrogen (secondary N) is 2. The molecule has 0 aliphatic heterocycles. The molecule has 0 amide bonds. The first-order valence-electron chi connectivity index (χ1n) is 6.56. The van der Waals surface area contributed by atoms with Crippen LogP contribution >= 0.6 is 0 Å². The number of nitrogens with zero attached hydrogens (tertiary/aromatic N) is 2. The van der Waals surface area contributed by atoms with Gasteiger partial charge in [-0.25, -0.2) is 4.98 Å². The molecule has 0 saturated heterocycles. The van der Waals surface area contributed by atoms with E-state index in [1.807, 2.05) is 18.2 Å². The quantitative estimate of drug-likeness (QED) is 0.854. The summed E-state index contributed by atoms with van der Waals surface area (Å²) < 4.78 is 0. The van der Waals surface area contributed by atoms with Gasteiger partial charge in [0.25, 0.3) is 5.56 Å². The number of pyridine rings is 1. The number of rotatable bonds is 5. The highest BCUT2D eigenvalue weighted by Crippen LogP contribution is 2.37. The molecule has 19 heavy (non-hydrogen) atoms. The first-order chi connectivity index (χ1) is 9.31. The van der Waals surface area contributed by atoms with Crippen LogP contribution in [0.1, 0.15) is 30.3 Å². The summed E-state index contributed by atoms with van der Waals surface area (Å²) >= 11 is 0. The molecule has 5 nitrogen and oxygen atoms in total. The fourth-order valence-corrected chi connectivity index (χ4v) is 1.98. The summed E-state index contributed by atoms with van der Waals surface area (Å²) in [6.45, 7) is 0.720. The molecule has 2 N–H and O–H groups in total. The summed E-state index contributed by atoms with van der Waals surface area (Å²) in [5.41, 5.74) is 0.944. The topological polar surface area (TPSA) is 70.7 Å². The third-order valence-corrected chi connectivity index (χ3v) is 3.14. The minimum Gasteiger partial charge on any atom is -0.369 e. The smallest absolute Gasteiger partial charge is 0.252 e. The normalized spacial score (nSPS) is 14.3. The molecule has 0 bridgehead atoms. The van der Waals surface area contributed by atoms with Gasteiger partial charge in [0.05, 0.1) is 0 Å². The molecule has 5 heteroatoms. The number of aromatic nitrogens is 3. The van der Waals surface area contributed by atoms with Crippen LogP contribution in [0.5, 0.6) is 0 Å².